The number of H-pyrrole nitrogens is 1. The number of nitrogens with one attached hydrogen (secondary N) is 1. The molecule has 4 N–H and O–H groups in total. The number of aromatic nitrogens is 1. The van der Waals surface area contributed by atoms with Gasteiger partial charge in [-0.3, -0.25) is 0 Å². The van der Waals surface area contributed by atoms with Crippen LogP contribution >= 0.6 is 11.8 Å². The van der Waals surface area contributed by atoms with Gasteiger partial charge in [0.05, 0.1) is 17.1 Å². The molecule has 0 aromatic carbocycles. The zero-order valence-corrected chi connectivity index (χ0v) is 14.8. The standard InChI is InChI=1S/C17H26N2O2S/c1-5-6-7-8-9-21-17(20)14(4)22-16-15(11-18)12(2)10-13(3)19-16/h10H,4-9,11,18H2,1-3H3/p+2. The van der Waals surface area contributed by atoms with Gasteiger partial charge in [-0.25, -0.2) is 9.78 Å². The smallest absolute Gasteiger partial charge is 0.344 e. The number of hydrogen-bond acceptors (Lipinski definition) is 3. The first kappa shape index (κ1) is 18.7. The highest BCUT2D eigenvalue weighted by atomic mass is 32.2. The molecule has 1 aromatic heterocycles. The van der Waals surface area contributed by atoms with Gasteiger partial charge in [0.25, 0.3) is 5.03 Å². The van der Waals surface area contributed by atoms with Crippen LogP contribution in [0, 0.1) is 13.8 Å². The summed E-state index contributed by atoms with van der Waals surface area (Å²) in [7, 11) is 0. The molecule has 0 atom stereocenters. The molecule has 0 saturated carbocycles. The second-order valence-corrected chi connectivity index (χ2v) is 6.52. The van der Waals surface area contributed by atoms with Crippen molar-refractivity contribution in [2.75, 3.05) is 6.61 Å². The van der Waals surface area contributed by atoms with Gasteiger partial charge >= 0.3 is 5.97 Å². The van der Waals surface area contributed by atoms with Gasteiger partial charge in [-0.15, -0.1) is 0 Å². The molecule has 0 spiro atoms. The Labute approximate surface area is 137 Å². The summed E-state index contributed by atoms with van der Waals surface area (Å²) in [5.41, 5.74) is 7.31. The van der Waals surface area contributed by atoms with Crippen molar-refractivity contribution in [1.29, 1.82) is 0 Å². The van der Waals surface area contributed by atoms with Crippen LogP contribution in [0.15, 0.2) is 22.6 Å². The fraction of sp³-hybridized carbons (Fsp3) is 0.529. The fourth-order valence-corrected chi connectivity index (χ4v) is 3.21. The summed E-state index contributed by atoms with van der Waals surface area (Å²) in [6.45, 7) is 11.2. The van der Waals surface area contributed by atoms with Crippen molar-refractivity contribution in [2.24, 2.45) is 0 Å². The summed E-state index contributed by atoms with van der Waals surface area (Å²) < 4.78 is 5.27. The normalized spacial score (nSPS) is 10.5. The second-order valence-electron chi connectivity index (χ2n) is 5.41. The molecule has 0 unspecified atom stereocenters. The monoisotopic (exact) mass is 324 g/mol. The topological polar surface area (TPSA) is 68.1 Å². The molecule has 0 bridgehead atoms. The van der Waals surface area contributed by atoms with E-state index in [1.807, 2.05) is 6.92 Å². The van der Waals surface area contributed by atoms with Crippen LogP contribution in [0.1, 0.15) is 49.4 Å². The lowest BCUT2D eigenvalue weighted by Gasteiger charge is -2.07. The molecule has 0 aliphatic rings. The maximum absolute atomic E-state index is 12.0. The van der Waals surface area contributed by atoms with Crippen molar-refractivity contribution in [2.45, 2.75) is 58.0 Å². The Morgan fingerprint density at radius 2 is 2.09 bits per heavy atom. The summed E-state index contributed by atoms with van der Waals surface area (Å²) in [5, 5.41) is 0.931. The number of carbonyl (C=O) groups is 1. The number of pyridine rings is 1. The number of unbranched alkanes of at least 4 members (excludes halogenated alkanes) is 3. The largest absolute Gasteiger partial charge is 0.462 e. The van der Waals surface area contributed by atoms with E-state index < -0.39 is 0 Å². The second kappa shape index (κ2) is 9.64. The maximum Gasteiger partial charge on any atom is 0.344 e. The number of thioether (sulfide) groups is 1. The quantitative estimate of drug-likeness (QED) is 0.328. The van der Waals surface area contributed by atoms with Gasteiger partial charge in [-0.2, -0.15) is 0 Å². The Morgan fingerprint density at radius 1 is 1.36 bits per heavy atom. The molecule has 0 aliphatic carbocycles. The van der Waals surface area contributed by atoms with Crippen LogP contribution in [0.5, 0.6) is 0 Å². The van der Waals surface area contributed by atoms with Crippen LogP contribution in [0.3, 0.4) is 0 Å². The van der Waals surface area contributed by atoms with E-state index in [4.69, 9.17) is 4.74 Å². The number of aryl methyl sites for hydroxylation is 2. The first-order valence-corrected chi connectivity index (χ1v) is 8.66. The number of ether oxygens (including phenoxy) is 1. The highest BCUT2D eigenvalue weighted by Gasteiger charge is 2.20. The van der Waals surface area contributed by atoms with Gasteiger partial charge in [0.2, 0.25) is 0 Å². The first-order chi connectivity index (χ1) is 10.5. The summed E-state index contributed by atoms with van der Waals surface area (Å²) in [6, 6.07) is 2.08. The molecule has 5 heteroatoms. The molecule has 1 heterocycles. The number of hydrogen-bond donors (Lipinski definition) is 1. The molecule has 0 fully saturated rings. The van der Waals surface area contributed by atoms with Gasteiger partial charge in [-0.1, -0.05) is 32.8 Å². The van der Waals surface area contributed by atoms with E-state index in [1.54, 1.807) is 0 Å². The summed E-state index contributed by atoms with van der Waals surface area (Å²) in [6.07, 6.45) is 4.36. The van der Waals surface area contributed by atoms with Crippen molar-refractivity contribution in [1.82, 2.24) is 0 Å². The number of esters is 1. The summed E-state index contributed by atoms with van der Waals surface area (Å²) in [4.78, 5) is 15.7. The Bertz CT molecular complexity index is 530. The Kier molecular flexibility index (Phi) is 8.20. The molecule has 1 rings (SSSR count). The molecule has 0 amide bonds. The van der Waals surface area contributed by atoms with Gasteiger partial charge in [-0.05, 0) is 30.7 Å². The van der Waals surface area contributed by atoms with E-state index in [0.29, 0.717) is 18.1 Å². The molecule has 0 radical (unpaired) electrons. The Morgan fingerprint density at radius 3 is 2.73 bits per heavy atom. The van der Waals surface area contributed by atoms with E-state index in [9.17, 15) is 4.79 Å². The number of quaternary nitrogens is 1. The molecular formula is C17H28N2O2S+2. The number of rotatable bonds is 9. The van der Waals surface area contributed by atoms with Crippen molar-refractivity contribution >= 4 is 17.7 Å². The van der Waals surface area contributed by atoms with Crippen LogP contribution in [0.25, 0.3) is 0 Å². The van der Waals surface area contributed by atoms with Gasteiger partial charge in [0.1, 0.15) is 6.54 Å². The van der Waals surface area contributed by atoms with Crippen LogP contribution in [-0.4, -0.2) is 12.6 Å². The SMILES string of the molecule is C=C(Sc1[nH+]c(C)cc(C)c1C[NH3+])C(=O)OCCCCCC. The predicted octanol–water partition coefficient (Wildman–Crippen LogP) is 2.59. The molecule has 22 heavy (non-hydrogen) atoms. The van der Waals surface area contributed by atoms with Crippen molar-refractivity contribution in [3.63, 3.8) is 0 Å². The molecule has 4 nitrogen and oxygen atoms in total. The zero-order valence-electron chi connectivity index (χ0n) is 14.0. The summed E-state index contributed by atoms with van der Waals surface area (Å²) in [5.74, 6) is -0.330. The minimum absolute atomic E-state index is 0.330. The lowest BCUT2D eigenvalue weighted by atomic mass is 10.1. The van der Waals surface area contributed by atoms with E-state index in [-0.39, 0.29) is 5.97 Å². The third kappa shape index (κ3) is 5.81. The van der Waals surface area contributed by atoms with Crippen molar-refractivity contribution in [3.05, 3.63) is 34.4 Å². The van der Waals surface area contributed by atoms with E-state index in [0.717, 1.165) is 29.1 Å². The zero-order chi connectivity index (χ0) is 16.5. The summed E-state index contributed by atoms with van der Waals surface area (Å²) >= 11 is 1.33. The van der Waals surface area contributed by atoms with E-state index >= 15 is 0 Å². The molecule has 0 aliphatic heterocycles. The number of carbonyl (C=O) groups excluding carboxylic acids is 1. The van der Waals surface area contributed by atoms with Gasteiger partial charge < -0.3 is 10.5 Å². The van der Waals surface area contributed by atoms with E-state index in [1.165, 1.54) is 30.2 Å². The highest BCUT2D eigenvalue weighted by molar-refractivity contribution is 8.03. The molecule has 0 saturated heterocycles. The van der Waals surface area contributed by atoms with Crippen molar-refractivity contribution in [3.8, 4) is 0 Å². The van der Waals surface area contributed by atoms with Crippen LogP contribution in [0.2, 0.25) is 0 Å². The maximum atomic E-state index is 12.0. The van der Waals surface area contributed by atoms with Gasteiger partial charge in [0.15, 0.2) is 5.69 Å². The molecule has 122 valence electrons. The third-order valence-corrected chi connectivity index (χ3v) is 4.39. The third-order valence-electron chi connectivity index (χ3n) is 3.43. The first-order valence-electron chi connectivity index (χ1n) is 7.85. The van der Waals surface area contributed by atoms with Crippen LogP contribution < -0.4 is 10.7 Å². The lowest BCUT2D eigenvalue weighted by molar-refractivity contribution is -0.443. The predicted molar refractivity (Wildman–Crippen MR) is 89.2 cm³/mol. The molecule has 1 aromatic rings. The average Bonchev–Trinajstić information content (AvgIpc) is 2.46. The minimum atomic E-state index is -0.330. The van der Waals surface area contributed by atoms with Crippen molar-refractivity contribution < 1.29 is 20.2 Å². The van der Waals surface area contributed by atoms with Gasteiger partial charge in [0, 0.05) is 13.0 Å². The Balaban J connectivity index is 2.59. The minimum Gasteiger partial charge on any atom is -0.462 e. The lowest BCUT2D eigenvalue weighted by Crippen LogP contribution is -2.48. The fourth-order valence-electron chi connectivity index (χ4n) is 2.22. The number of aromatic amines is 1. The molecular weight excluding hydrogens is 296 g/mol. The van der Waals surface area contributed by atoms with Crippen LogP contribution in [0.4, 0.5) is 0 Å². The average molecular weight is 324 g/mol. The highest BCUT2D eigenvalue weighted by Crippen LogP contribution is 2.27. The Hall–Kier alpha value is -1.33. The van der Waals surface area contributed by atoms with E-state index in [2.05, 4.69) is 37.2 Å². The van der Waals surface area contributed by atoms with Crippen LogP contribution in [-0.2, 0) is 16.1 Å².